The summed E-state index contributed by atoms with van der Waals surface area (Å²) in [5.41, 5.74) is 0.783. The van der Waals surface area contributed by atoms with Crippen LogP contribution in [0.25, 0.3) is 10.2 Å². The zero-order valence-electron chi connectivity index (χ0n) is 14.6. The molecule has 0 atom stereocenters. The largest absolute Gasteiger partial charge is 0.305 e. The molecule has 3 nitrogen and oxygen atoms in total. The number of fused-ring (bicyclic) bond motifs is 1. The highest BCUT2D eigenvalue weighted by Crippen LogP contribution is 2.60. The maximum Gasteiger partial charge on any atom is 0.254 e. The van der Waals surface area contributed by atoms with Crippen LogP contribution in [0, 0.1) is 35.5 Å². The van der Waals surface area contributed by atoms with Gasteiger partial charge in [0, 0.05) is 5.02 Å². The van der Waals surface area contributed by atoms with Crippen LogP contribution in [0.5, 0.6) is 0 Å². The van der Waals surface area contributed by atoms with Gasteiger partial charge in [-0.1, -0.05) is 28.9 Å². The lowest BCUT2D eigenvalue weighted by atomic mass is 9.49. The summed E-state index contributed by atoms with van der Waals surface area (Å²) in [6.07, 6.45) is 12.6. The highest BCUT2D eigenvalue weighted by Gasteiger charge is 2.54. The fourth-order valence-electron chi connectivity index (χ4n) is 5.95. The number of terminal acetylenes is 1. The molecule has 0 saturated heterocycles. The molecule has 4 bridgehead atoms. The van der Waals surface area contributed by atoms with Crippen LogP contribution in [0.4, 0.5) is 0 Å². The summed E-state index contributed by atoms with van der Waals surface area (Å²) in [6, 6.07) is 5.73. The van der Waals surface area contributed by atoms with Gasteiger partial charge in [-0.3, -0.25) is 4.79 Å². The molecule has 1 aromatic heterocycles. The van der Waals surface area contributed by atoms with E-state index in [1.54, 1.807) is 0 Å². The molecule has 4 fully saturated rings. The number of carbonyl (C=O) groups excluding carboxylic acids is 1. The molecule has 0 unspecified atom stereocenters. The molecular weight excluding hydrogens is 364 g/mol. The summed E-state index contributed by atoms with van der Waals surface area (Å²) >= 11 is 7.64. The summed E-state index contributed by atoms with van der Waals surface area (Å²) in [4.78, 5) is 18.7. The average Bonchev–Trinajstić information content (AvgIpc) is 2.90. The fraction of sp³-hybridized carbons (Fsp3) is 0.524. The summed E-state index contributed by atoms with van der Waals surface area (Å²) in [6.45, 7) is 0.411. The maximum atomic E-state index is 13.3. The normalized spacial score (nSPS) is 32.9. The van der Waals surface area contributed by atoms with E-state index in [4.69, 9.17) is 18.0 Å². The predicted octanol–water partition coefficient (Wildman–Crippen LogP) is 4.63. The average molecular weight is 385 g/mol. The van der Waals surface area contributed by atoms with Crippen molar-refractivity contribution in [2.45, 2.75) is 45.1 Å². The number of thiazole rings is 1. The summed E-state index contributed by atoms with van der Waals surface area (Å²) in [7, 11) is 0. The van der Waals surface area contributed by atoms with Gasteiger partial charge in [0.15, 0.2) is 4.80 Å². The highest BCUT2D eigenvalue weighted by atomic mass is 35.5. The second-order valence-electron chi connectivity index (χ2n) is 8.40. The fourth-order valence-corrected chi connectivity index (χ4v) is 7.26. The Bertz CT molecular complexity index is 974. The number of halogens is 1. The van der Waals surface area contributed by atoms with Crippen LogP contribution < -0.4 is 4.80 Å². The summed E-state index contributed by atoms with van der Waals surface area (Å²) in [5.74, 6) is 4.98. The molecule has 4 saturated carbocycles. The van der Waals surface area contributed by atoms with Crippen molar-refractivity contribution in [1.82, 2.24) is 4.57 Å². The van der Waals surface area contributed by atoms with Gasteiger partial charge in [0.1, 0.15) is 0 Å². The van der Waals surface area contributed by atoms with Gasteiger partial charge in [0.05, 0.1) is 22.2 Å². The lowest BCUT2D eigenvalue weighted by molar-refractivity contribution is -0.142. The van der Waals surface area contributed by atoms with E-state index in [1.165, 1.54) is 30.6 Å². The molecule has 1 heterocycles. The molecule has 1 aromatic carbocycles. The maximum absolute atomic E-state index is 13.3. The Morgan fingerprint density at radius 1 is 1.27 bits per heavy atom. The van der Waals surface area contributed by atoms with Crippen LogP contribution in [0.3, 0.4) is 0 Å². The third kappa shape index (κ3) is 2.56. The summed E-state index contributed by atoms with van der Waals surface area (Å²) in [5, 5.41) is 0.686. The van der Waals surface area contributed by atoms with Crippen molar-refractivity contribution in [3.05, 3.63) is 28.0 Å². The Labute approximate surface area is 162 Å². The van der Waals surface area contributed by atoms with E-state index in [1.807, 2.05) is 22.8 Å². The molecule has 0 aliphatic heterocycles. The molecule has 134 valence electrons. The number of carbonyl (C=O) groups is 1. The lowest BCUT2D eigenvalue weighted by Crippen LogP contribution is -2.49. The number of hydrogen-bond acceptors (Lipinski definition) is 2. The first-order valence-electron chi connectivity index (χ1n) is 9.38. The molecule has 0 N–H and O–H groups in total. The lowest BCUT2D eigenvalue weighted by Gasteiger charge is -2.55. The predicted molar refractivity (Wildman–Crippen MR) is 105 cm³/mol. The van der Waals surface area contributed by atoms with Crippen LogP contribution in [-0.2, 0) is 11.3 Å². The standard InChI is InChI=1S/C21H21ClN2OS/c1-2-5-24-17-4-3-16(22)9-18(17)26-20(24)23-19(25)21-10-13-6-14(11-21)8-15(7-13)12-21/h1,3-4,9,13-15H,5-8,10-12H2. The first-order chi connectivity index (χ1) is 12.6. The van der Waals surface area contributed by atoms with Crippen LogP contribution in [-0.4, -0.2) is 10.5 Å². The number of rotatable bonds is 2. The van der Waals surface area contributed by atoms with E-state index in [0.717, 1.165) is 47.2 Å². The SMILES string of the molecule is C#CCn1c(=NC(=O)C23CC4CC(CC(C4)C2)C3)sc2cc(Cl)ccc21. The van der Waals surface area contributed by atoms with Gasteiger partial charge in [-0.15, -0.1) is 6.42 Å². The topological polar surface area (TPSA) is 34.4 Å². The van der Waals surface area contributed by atoms with E-state index in [-0.39, 0.29) is 11.3 Å². The number of amides is 1. The third-order valence-electron chi connectivity index (χ3n) is 6.58. The Morgan fingerprint density at radius 2 is 1.92 bits per heavy atom. The molecule has 1 amide bonds. The van der Waals surface area contributed by atoms with Crippen molar-refractivity contribution in [3.8, 4) is 12.3 Å². The van der Waals surface area contributed by atoms with E-state index >= 15 is 0 Å². The molecule has 26 heavy (non-hydrogen) atoms. The number of nitrogens with zero attached hydrogens (tertiary/aromatic N) is 2. The Hall–Kier alpha value is -1.57. The molecule has 4 aliphatic rings. The van der Waals surface area contributed by atoms with Crippen LogP contribution in [0.15, 0.2) is 23.2 Å². The van der Waals surface area contributed by atoms with Crippen molar-refractivity contribution in [3.63, 3.8) is 0 Å². The number of benzene rings is 1. The quantitative estimate of drug-likeness (QED) is 0.695. The van der Waals surface area contributed by atoms with Gasteiger partial charge < -0.3 is 4.57 Å². The van der Waals surface area contributed by atoms with Crippen molar-refractivity contribution < 1.29 is 4.79 Å². The van der Waals surface area contributed by atoms with E-state index in [2.05, 4.69) is 10.9 Å². The van der Waals surface area contributed by atoms with Gasteiger partial charge in [0.25, 0.3) is 5.91 Å². The molecule has 5 heteroatoms. The molecule has 4 aliphatic carbocycles. The van der Waals surface area contributed by atoms with Crippen molar-refractivity contribution in [1.29, 1.82) is 0 Å². The van der Waals surface area contributed by atoms with Gasteiger partial charge >= 0.3 is 0 Å². The highest BCUT2D eigenvalue weighted by molar-refractivity contribution is 7.16. The van der Waals surface area contributed by atoms with Crippen molar-refractivity contribution >= 4 is 39.1 Å². The zero-order chi connectivity index (χ0) is 17.9. The van der Waals surface area contributed by atoms with E-state index < -0.39 is 0 Å². The smallest absolute Gasteiger partial charge is 0.254 e. The zero-order valence-corrected chi connectivity index (χ0v) is 16.2. The number of hydrogen-bond donors (Lipinski definition) is 0. The Kier molecular flexibility index (Phi) is 3.81. The third-order valence-corrected chi connectivity index (χ3v) is 7.86. The van der Waals surface area contributed by atoms with Gasteiger partial charge in [-0.25, -0.2) is 0 Å². The Balaban J connectivity index is 1.59. The van der Waals surface area contributed by atoms with Crippen LogP contribution in [0.2, 0.25) is 5.02 Å². The first kappa shape index (κ1) is 16.6. The molecule has 6 rings (SSSR count). The van der Waals surface area contributed by atoms with Crippen LogP contribution >= 0.6 is 22.9 Å². The van der Waals surface area contributed by atoms with E-state index in [0.29, 0.717) is 16.4 Å². The minimum atomic E-state index is -0.212. The van der Waals surface area contributed by atoms with Gasteiger partial charge in [-0.05, 0) is 74.5 Å². The van der Waals surface area contributed by atoms with Crippen molar-refractivity contribution in [2.24, 2.45) is 28.2 Å². The van der Waals surface area contributed by atoms with Gasteiger partial charge in [0.2, 0.25) is 0 Å². The monoisotopic (exact) mass is 384 g/mol. The van der Waals surface area contributed by atoms with Gasteiger partial charge in [-0.2, -0.15) is 4.99 Å². The van der Waals surface area contributed by atoms with Crippen molar-refractivity contribution in [2.75, 3.05) is 0 Å². The minimum absolute atomic E-state index is 0.0834. The Morgan fingerprint density at radius 3 is 2.54 bits per heavy atom. The molecular formula is C21H21ClN2OS. The molecule has 2 aromatic rings. The summed E-state index contributed by atoms with van der Waals surface area (Å²) < 4.78 is 2.99. The second kappa shape index (κ2) is 5.97. The first-order valence-corrected chi connectivity index (χ1v) is 10.6. The van der Waals surface area contributed by atoms with E-state index in [9.17, 15) is 4.79 Å². The second-order valence-corrected chi connectivity index (χ2v) is 9.85. The minimum Gasteiger partial charge on any atom is -0.305 e. The number of aromatic nitrogens is 1. The molecule has 0 spiro atoms. The molecule has 0 radical (unpaired) electrons. The van der Waals surface area contributed by atoms with Crippen LogP contribution in [0.1, 0.15) is 38.5 Å².